The molecule has 1 aliphatic rings. The molecule has 0 radical (unpaired) electrons. The lowest BCUT2D eigenvalue weighted by atomic mass is 9.70. The Balaban J connectivity index is 2.61. The van der Waals surface area contributed by atoms with Crippen molar-refractivity contribution in [3.8, 4) is 0 Å². The number of aldehydes is 1. The maximum Gasteiger partial charge on any atom is 0.127 e. The Bertz CT molecular complexity index is 223. The molecule has 2 nitrogen and oxygen atoms in total. The predicted molar refractivity (Wildman–Crippen MR) is 73.2 cm³/mol. The molecule has 0 saturated heterocycles. The zero-order valence-corrected chi connectivity index (χ0v) is 11.9. The van der Waals surface area contributed by atoms with Gasteiger partial charge in [-0.25, -0.2) is 0 Å². The summed E-state index contributed by atoms with van der Waals surface area (Å²) in [5.74, 6) is 0.721. The summed E-state index contributed by atoms with van der Waals surface area (Å²) in [6, 6.07) is 0. The predicted octanol–water partition coefficient (Wildman–Crippen LogP) is 3.50. The molecular formula is C15H29NO. The second kappa shape index (κ2) is 7.15. The van der Waals surface area contributed by atoms with Gasteiger partial charge in [0.25, 0.3) is 0 Å². The van der Waals surface area contributed by atoms with Crippen molar-refractivity contribution in [3.63, 3.8) is 0 Å². The van der Waals surface area contributed by atoms with Gasteiger partial charge in [-0.1, -0.05) is 33.6 Å². The van der Waals surface area contributed by atoms with Crippen molar-refractivity contribution in [2.24, 2.45) is 11.3 Å². The molecule has 100 valence electrons. The molecule has 0 bridgehead atoms. The van der Waals surface area contributed by atoms with Crippen molar-refractivity contribution >= 4 is 6.29 Å². The number of hydrogen-bond acceptors (Lipinski definition) is 2. The molecule has 1 fully saturated rings. The molecule has 2 heteroatoms. The molecule has 1 saturated carbocycles. The Hall–Kier alpha value is -0.370. The Labute approximate surface area is 107 Å². The first-order valence-electron chi connectivity index (χ1n) is 7.34. The number of hydrogen-bond donors (Lipinski definition) is 0. The van der Waals surface area contributed by atoms with Crippen molar-refractivity contribution in [1.82, 2.24) is 4.90 Å². The Morgan fingerprint density at radius 1 is 1.29 bits per heavy atom. The van der Waals surface area contributed by atoms with Crippen LogP contribution >= 0.6 is 0 Å². The molecule has 0 amide bonds. The van der Waals surface area contributed by atoms with E-state index in [4.69, 9.17) is 0 Å². The van der Waals surface area contributed by atoms with Gasteiger partial charge in [0, 0.05) is 12.0 Å². The third kappa shape index (κ3) is 4.42. The van der Waals surface area contributed by atoms with Gasteiger partial charge in [0.15, 0.2) is 0 Å². The summed E-state index contributed by atoms with van der Waals surface area (Å²) in [5, 5.41) is 0. The van der Waals surface area contributed by atoms with Crippen molar-refractivity contribution in [2.45, 2.75) is 59.3 Å². The minimum absolute atomic E-state index is 0.0397. The number of carbonyl (C=O) groups excluding carboxylic acids is 1. The summed E-state index contributed by atoms with van der Waals surface area (Å²) in [6.45, 7) is 10.00. The van der Waals surface area contributed by atoms with E-state index in [1.54, 1.807) is 0 Å². The van der Waals surface area contributed by atoms with Crippen molar-refractivity contribution < 1.29 is 4.79 Å². The first-order chi connectivity index (χ1) is 8.15. The summed E-state index contributed by atoms with van der Waals surface area (Å²) >= 11 is 0. The zero-order valence-electron chi connectivity index (χ0n) is 11.9. The highest BCUT2D eigenvalue weighted by molar-refractivity contribution is 5.60. The lowest BCUT2D eigenvalue weighted by Gasteiger charge is -2.39. The Kier molecular flexibility index (Phi) is 6.18. The summed E-state index contributed by atoms with van der Waals surface area (Å²) in [4.78, 5) is 14.0. The van der Waals surface area contributed by atoms with E-state index in [1.807, 2.05) is 0 Å². The Morgan fingerprint density at radius 3 is 2.41 bits per heavy atom. The van der Waals surface area contributed by atoms with E-state index in [2.05, 4.69) is 25.7 Å². The third-order valence-corrected chi connectivity index (χ3v) is 3.99. The van der Waals surface area contributed by atoms with E-state index < -0.39 is 0 Å². The number of nitrogens with zero attached hydrogens (tertiary/aromatic N) is 1. The van der Waals surface area contributed by atoms with Crippen LogP contribution in [0.5, 0.6) is 0 Å². The SMILES string of the molecule is CCCN(CCC)CC1(C=O)CCCC(C)C1. The van der Waals surface area contributed by atoms with Gasteiger partial charge in [-0.05, 0) is 44.7 Å². The lowest BCUT2D eigenvalue weighted by Crippen LogP contribution is -2.42. The molecule has 2 atom stereocenters. The van der Waals surface area contributed by atoms with Crippen molar-refractivity contribution in [3.05, 3.63) is 0 Å². The molecule has 0 N–H and O–H groups in total. The average Bonchev–Trinajstić information content (AvgIpc) is 2.30. The fourth-order valence-electron chi connectivity index (χ4n) is 3.34. The maximum atomic E-state index is 11.5. The summed E-state index contributed by atoms with van der Waals surface area (Å²) in [5.41, 5.74) is -0.0397. The normalized spacial score (nSPS) is 29.5. The van der Waals surface area contributed by atoms with E-state index in [0.29, 0.717) is 0 Å². The highest BCUT2D eigenvalue weighted by Crippen LogP contribution is 2.38. The fourth-order valence-corrected chi connectivity index (χ4v) is 3.34. The van der Waals surface area contributed by atoms with Crippen LogP contribution < -0.4 is 0 Å². The monoisotopic (exact) mass is 239 g/mol. The molecule has 0 aliphatic heterocycles. The lowest BCUT2D eigenvalue weighted by molar-refractivity contribution is -0.120. The molecule has 1 rings (SSSR count). The van der Waals surface area contributed by atoms with Gasteiger partial charge in [-0.15, -0.1) is 0 Å². The average molecular weight is 239 g/mol. The van der Waals surface area contributed by atoms with Gasteiger partial charge >= 0.3 is 0 Å². The summed E-state index contributed by atoms with van der Waals surface area (Å²) in [7, 11) is 0. The molecule has 17 heavy (non-hydrogen) atoms. The first kappa shape index (κ1) is 14.7. The van der Waals surface area contributed by atoms with Gasteiger partial charge in [-0.2, -0.15) is 0 Å². The standard InChI is InChI=1S/C15H29NO/c1-4-9-16(10-5-2)12-15(13-17)8-6-7-14(3)11-15/h13-14H,4-12H2,1-3H3. The largest absolute Gasteiger partial charge is 0.303 e. The first-order valence-corrected chi connectivity index (χ1v) is 7.34. The summed E-state index contributed by atoms with van der Waals surface area (Å²) in [6.07, 6.45) is 8.37. The third-order valence-electron chi connectivity index (χ3n) is 3.99. The van der Waals surface area contributed by atoms with E-state index in [9.17, 15) is 4.79 Å². The van der Waals surface area contributed by atoms with Gasteiger partial charge in [0.05, 0.1) is 0 Å². The molecule has 1 aliphatic carbocycles. The van der Waals surface area contributed by atoms with Crippen molar-refractivity contribution in [1.29, 1.82) is 0 Å². The second-order valence-electron chi connectivity index (χ2n) is 5.96. The van der Waals surface area contributed by atoms with Crippen LogP contribution in [0.25, 0.3) is 0 Å². The van der Waals surface area contributed by atoms with Crippen LogP contribution in [0.4, 0.5) is 0 Å². The van der Waals surface area contributed by atoms with Crippen molar-refractivity contribution in [2.75, 3.05) is 19.6 Å². The molecule has 0 aromatic heterocycles. The van der Waals surface area contributed by atoms with E-state index >= 15 is 0 Å². The van der Waals surface area contributed by atoms with Crippen LogP contribution in [-0.4, -0.2) is 30.8 Å². The molecule has 0 aromatic carbocycles. The maximum absolute atomic E-state index is 11.5. The minimum atomic E-state index is -0.0397. The Morgan fingerprint density at radius 2 is 1.94 bits per heavy atom. The van der Waals surface area contributed by atoms with Gasteiger partial charge < -0.3 is 9.69 Å². The van der Waals surface area contributed by atoms with Gasteiger partial charge in [0.1, 0.15) is 6.29 Å². The van der Waals surface area contributed by atoms with Gasteiger partial charge in [-0.3, -0.25) is 0 Å². The zero-order chi connectivity index (χ0) is 12.7. The topological polar surface area (TPSA) is 20.3 Å². The fraction of sp³-hybridized carbons (Fsp3) is 0.933. The quantitative estimate of drug-likeness (QED) is 0.634. The molecule has 0 spiro atoms. The molecular weight excluding hydrogens is 210 g/mol. The minimum Gasteiger partial charge on any atom is -0.303 e. The van der Waals surface area contributed by atoms with Gasteiger partial charge in [0.2, 0.25) is 0 Å². The molecule has 2 unspecified atom stereocenters. The van der Waals surface area contributed by atoms with Crippen LogP contribution in [0, 0.1) is 11.3 Å². The molecule has 0 aromatic rings. The second-order valence-corrected chi connectivity index (χ2v) is 5.96. The highest BCUT2D eigenvalue weighted by Gasteiger charge is 2.35. The van der Waals surface area contributed by atoms with Crippen LogP contribution in [0.2, 0.25) is 0 Å². The molecule has 0 heterocycles. The van der Waals surface area contributed by atoms with Crippen LogP contribution in [-0.2, 0) is 4.79 Å². The number of carbonyl (C=O) groups is 1. The van der Waals surface area contributed by atoms with Crippen LogP contribution in [0.15, 0.2) is 0 Å². The van der Waals surface area contributed by atoms with Crippen LogP contribution in [0.3, 0.4) is 0 Å². The van der Waals surface area contributed by atoms with E-state index in [-0.39, 0.29) is 5.41 Å². The van der Waals surface area contributed by atoms with E-state index in [1.165, 1.54) is 32.0 Å². The number of rotatable bonds is 7. The summed E-state index contributed by atoms with van der Waals surface area (Å²) < 4.78 is 0. The highest BCUT2D eigenvalue weighted by atomic mass is 16.1. The van der Waals surface area contributed by atoms with E-state index in [0.717, 1.165) is 38.4 Å². The van der Waals surface area contributed by atoms with Crippen LogP contribution in [0.1, 0.15) is 59.3 Å². The smallest absolute Gasteiger partial charge is 0.127 e.